The van der Waals surface area contributed by atoms with Gasteiger partial charge in [-0.15, -0.1) is 11.8 Å². The Labute approximate surface area is 149 Å². The molecule has 134 valence electrons. The molecular weight excluding hydrogens is 322 g/mol. The lowest BCUT2D eigenvalue weighted by atomic mass is 9.97. The monoisotopic (exact) mass is 351 g/mol. The summed E-state index contributed by atoms with van der Waals surface area (Å²) in [5, 5.41) is 0.0361. The van der Waals surface area contributed by atoms with Crippen LogP contribution in [0.4, 0.5) is 0 Å². The zero-order valence-electron chi connectivity index (χ0n) is 15.2. The molecule has 1 fully saturated rings. The van der Waals surface area contributed by atoms with Gasteiger partial charge in [0.1, 0.15) is 16.9 Å². The van der Waals surface area contributed by atoms with Gasteiger partial charge in [0.15, 0.2) is 0 Å². The van der Waals surface area contributed by atoms with Gasteiger partial charge in [-0.1, -0.05) is 26.7 Å². The molecule has 0 spiro atoms. The fourth-order valence-electron chi connectivity index (χ4n) is 3.16. The molecule has 0 radical (unpaired) electrons. The van der Waals surface area contributed by atoms with Gasteiger partial charge in [-0.2, -0.15) is 0 Å². The molecule has 1 saturated heterocycles. The van der Waals surface area contributed by atoms with Crippen LogP contribution in [-0.2, 0) is 4.79 Å². The predicted octanol–water partition coefficient (Wildman–Crippen LogP) is 4.49. The van der Waals surface area contributed by atoms with Crippen molar-refractivity contribution in [2.45, 2.75) is 44.9 Å². The number of benzene rings is 1. The highest BCUT2D eigenvalue weighted by Crippen LogP contribution is 2.43. The molecule has 1 aliphatic heterocycles. The first-order valence-corrected chi connectivity index (χ1v) is 9.85. The summed E-state index contributed by atoms with van der Waals surface area (Å²) in [5.74, 6) is 2.95. The summed E-state index contributed by atoms with van der Waals surface area (Å²) in [6.07, 6.45) is 4.14. The lowest BCUT2D eigenvalue weighted by Crippen LogP contribution is -2.35. The molecule has 0 unspecified atom stereocenters. The molecule has 24 heavy (non-hydrogen) atoms. The van der Waals surface area contributed by atoms with E-state index in [1.165, 1.54) is 0 Å². The Kier molecular flexibility index (Phi) is 7.28. The second-order valence-corrected chi connectivity index (χ2v) is 7.30. The Morgan fingerprint density at radius 2 is 2.12 bits per heavy atom. The molecule has 1 amide bonds. The number of hydrogen-bond acceptors (Lipinski definition) is 4. The average molecular weight is 352 g/mol. The van der Waals surface area contributed by atoms with Crippen molar-refractivity contribution >= 4 is 17.7 Å². The maximum Gasteiger partial charge on any atom is 0.226 e. The Balaban J connectivity index is 2.22. The van der Waals surface area contributed by atoms with Gasteiger partial charge in [-0.25, -0.2) is 0 Å². The molecule has 0 bridgehead atoms. The number of nitrogens with zero attached hydrogens (tertiary/aromatic N) is 1. The SMILES string of the molecule is CCCC[C@@H](CC)C(=O)N1CCS[C@H]1c1ccc(OC)cc1OC. The number of rotatable bonds is 8. The Bertz CT molecular complexity index is 549. The van der Waals surface area contributed by atoms with Crippen LogP contribution in [0.2, 0.25) is 0 Å². The van der Waals surface area contributed by atoms with E-state index >= 15 is 0 Å². The highest BCUT2D eigenvalue weighted by Gasteiger charge is 2.35. The third-order valence-electron chi connectivity index (χ3n) is 4.63. The van der Waals surface area contributed by atoms with Gasteiger partial charge in [0.25, 0.3) is 0 Å². The maximum absolute atomic E-state index is 13.0. The van der Waals surface area contributed by atoms with Crippen molar-refractivity contribution in [2.75, 3.05) is 26.5 Å². The van der Waals surface area contributed by atoms with Gasteiger partial charge in [0.05, 0.1) is 14.2 Å². The highest BCUT2D eigenvalue weighted by molar-refractivity contribution is 7.99. The number of thioether (sulfide) groups is 1. The Morgan fingerprint density at radius 3 is 2.75 bits per heavy atom. The third kappa shape index (κ3) is 4.18. The van der Waals surface area contributed by atoms with E-state index in [0.717, 1.165) is 55.0 Å². The largest absolute Gasteiger partial charge is 0.497 e. The van der Waals surface area contributed by atoms with Crippen molar-refractivity contribution in [3.05, 3.63) is 23.8 Å². The first kappa shape index (κ1) is 19.0. The standard InChI is InChI=1S/C19H29NO3S/c1-5-7-8-14(6-2)18(21)20-11-12-24-19(20)16-10-9-15(22-3)13-17(16)23-4/h9-10,13-14,19H,5-8,11-12H2,1-4H3/t14-,19+/m1/s1. The number of amides is 1. The molecule has 1 aromatic carbocycles. The van der Waals surface area contributed by atoms with Crippen LogP contribution in [0.5, 0.6) is 11.5 Å². The van der Waals surface area contributed by atoms with Crippen LogP contribution >= 0.6 is 11.8 Å². The van der Waals surface area contributed by atoms with Gasteiger partial charge in [-0.05, 0) is 25.0 Å². The average Bonchev–Trinajstić information content (AvgIpc) is 3.10. The van der Waals surface area contributed by atoms with Crippen molar-refractivity contribution in [3.8, 4) is 11.5 Å². The van der Waals surface area contributed by atoms with Crippen LogP contribution in [0.15, 0.2) is 18.2 Å². The predicted molar refractivity (Wildman–Crippen MR) is 99.8 cm³/mol. The molecular formula is C19H29NO3S. The summed E-state index contributed by atoms with van der Waals surface area (Å²) >= 11 is 1.81. The molecule has 0 saturated carbocycles. The molecule has 2 atom stereocenters. The van der Waals surface area contributed by atoms with Crippen molar-refractivity contribution in [2.24, 2.45) is 5.92 Å². The molecule has 0 aromatic heterocycles. The second kappa shape index (κ2) is 9.21. The van der Waals surface area contributed by atoms with Crippen molar-refractivity contribution < 1.29 is 14.3 Å². The van der Waals surface area contributed by atoms with Gasteiger partial charge < -0.3 is 14.4 Å². The van der Waals surface area contributed by atoms with E-state index in [9.17, 15) is 4.79 Å². The van der Waals surface area contributed by atoms with Gasteiger partial charge in [0.2, 0.25) is 5.91 Å². The normalized spacial score (nSPS) is 18.5. The zero-order chi connectivity index (χ0) is 17.5. The molecule has 0 N–H and O–H groups in total. The fourth-order valence-corrected chi connectivity index (χ4v) is 4.45. The lowest BCUT2D eigenvalue weighted by molar-refractivity contribution is -0.136. The molecule has 1 aliphatic rings. The zero-order valence-corrected chi connectivity index (χ0v) is 16.0. The van der Waals surface area contributed by atoms with Crippen LogP contribution in [0.1, 0.15) is 50.5 Å². The van der Waals surface area contributed by atoms with Crippen LogP contribution in [0.3, 0.4) is 0 Å². The Hall–Kier alpha value is -1.36. The van der Waals surface area contributed by atoms with Crippen LogP contribution in [-0.4, -0.2) is 37.3 Å². The van der Waals surface area contributed by atoms with Crippen LogP contribution < -0.4 is 9.47 Å². The summed E-state index contributed by atoms with van der Waals surface area (Å²) in [4.78, 5) is 15.1. The smallest absolute Gasteiger partial charge is 0.226 e. The molecule has 5 heteroatoms. The van der Waals surface area contributed by atoms with E-state index in [1.54, 1.807) is 14.2 Å². The quantitative estimate of drug-likeness (QED) is 0.691. The summed E-state index contributed by atoms with van der Waals surface area (Å²) in [6, 6.07) is 5.85. The maximum atomic E-state index is 13.0. The minimum absolute atomic E-state index is 0.0361. The minimum Gasteiger partial charge on any atom is -0.497 e. The lowest BCUT2D eigenvalue weighted by Gasteiger charge is -2.29. The number of carbonyl (C=O) groups is 1. The number of carbonyl (C=O) groups excluding carboxylic acids is 1. The first-order chi connectivity index (χ1) is 11.7. The molecule has 2 rings (SSSR count). The Morgan fingerprint density at radius 1 is 1.33 bits per heavy atom. The van der Waals surface area contributed by atoms with E-state index in [4.69, 9.17) is 9.47 Å². The van der Waals surface area contributed by atoms with Crippen molar-refractivity contribution in [3.63, 3.8) is 0 Å². The number of unbranched alkanes of at least 4 members (excludes halogenated alkanes) is 1. The first-order valence-electron chi connectivity index (χ1n) is 8.80. The second-order valence-electron chi connectivity index (χ2n) is 6.11. The van der Waals surface area contributed by atoms with Crippen molar-refractivity contribution in [1.82, 2.24) is 4.90 Å². The number of methoxy groups -OCH3 is 2. The van der Waals surface area contributed by atoms with Crippen molar-refractivity contribution in [1.29, 1.82) is 0 Å². The van der Waals surface area contributed by atoms with Gasteiger partial charge in [0, 0.05) is 29.8 Å². The van der Waals surface area contributed by atoms with Crippen LogP contribution in [0, 0.1) is 5.92 Å². The van der Waals surface area contributed by atoms with Crippen LogP contribution in [0.25, 0.3) is 0 Å². The van der Waals surface area contributed by atoms with E-state index < -0.39 is 0 Å². The van der Waals surface area contributed by atoms with E-state index in [2.05, 4.69) is 13.8 Å². The number of ether oxygens (including phenoxy) is 2. The summed E-state index contributed by atoms with van der Waals surface area (Å²) in [6.45, 7) is 5.10. The molecule has 1 heterocycles. The summed E-state index contributed by atoms with van der Waals surface area (Å²) < 4.78 is 10.8. The third-order valence-corrected chi connectivity index (χ3v) is 5.87. The summed E-state index contributed by atoms with van der Waals surface area (Å²) in [7, 11) is 3.31. The molecule has 1 aromatic rings. The fraction of sp³-hybridized carbons (Fsp3) is 0.632. The number of hydrogen-bond donors (Lipinski definition) is 0. The van der Waals surface area contributed by atoms with E-state index in [1.807, 2.05) is 34.9 Å². The molecule has 0 aliphatic carbocycles. The minimum atomic E-state index is 0.0361. The highest BCUT2D eigenvalue weighted by atomic mass is 32.2. The topological polar surface area (TPSA) is 38.8 Å². The van der Waals surface area contributed by atoms with Gasteiger partial charge >= 0.3 is 0 Å². The van der Waals surface area contributed by atoms with E-state index in [0.29, 0.717) is 5.91 Å². The van der Waals surface area contributed by atoms with Gasteiger partial charge in [-0.3, -0.25) is 4.79 Å². The van der Waals surface area contributed by atoms with E-state index in [-0.39, 0.29) is 11.3 Å². The summed E-state index contributed by atoms with van der Waals surface area (Å²) in [5.41, 5.74) is 1.06. The molecule has 4 nitrogen and oxygen atoms in total.